The molecule has 9 nitrogen and oxygen atoms in total. The van der Waals surface area contributed by atoms with Crippen LogP contribution in [0.15, 0.2) is 12.1 Å². The van der Waals surface area contributed by atoms with Crippen LogP contribution >= 0.6 is 12.4 Å². The smallest absolute Gasteiger partial charge is 0.323 e. The second-order valence-electron chi connectivity index (χ2n) is 5.91. The first-order chi connectivity index (χ1) is 12.3. The van der Waals surface area contributed by atoms with Gasteiger partial charge in [0.05, 0.1) is 5.56 Å². The van der Waals surface area contributed by atoms with Crippen LogP contribution < -0.4 is 10.6 Å². The summed E-state index contributed by atoms with van der Waals surface area (Å²) in [5.41, 5.74) is -0.0762. The van der Waals surface area contributed by atoms with Crippen molar-refractivity contribution in [3.05, 3.63) is 29.3 Å². The molecule has 2 heterocycles. The Morgan fingerprint density at radius 1 is 1.41 bits per heavy atom. The molecular formula is C16H16ClFN4O5. The Balaban J connectivity index is 0.00000261. The number of amides is 3. The van der Waals surface area contributed by atoms with E-state index in [-0.39, 0.29) is 47.7 Å². The number of benzene rings is 1. The Labute approximate surface area is 158 Å². The van der Waals surface area contributed by atoms with Crippen LogP contribution in [0.25, 0.3) is 11.0 Å². The molecule has 144 valence electrons. The number of aromatic nitrogens is 2. The number of nitrogens with one attached hydrogen (secondary N) is 2. The maximum Gasteiger partial charge on any atom is 0.323 e. The van der Waals surface area contributed by atoms with E-state index in [2.05, 4.69) is 15.6 Å². The zero-order chi connectivity index (χ0) is 19.0. The van der Waals surface area contributed by atoms with Gasteiger partial charge in [-0.15, -0.1) is 12.4 Å². The normalized spacial score (nSPS) is 16.6. The second-order valence-corrected chi connectivity index (χ2v) is 5.91. The Morgan fingerprint density at radius 3 is 2.74 bits per heavy atom. The summed E-state index contributed by atoms with van der Waals surface area (Å²) in [6, 6.07) is 1.37. The molecular weight excluding hydrogens is 383 g/mol. The molecule has 1 aliphatic heterocycles. The van der Waals surface area contributed by atoms with Crippen LogP contribution in [0.5, 0.6) is 0 Å². The molecule has 1 fully saturated rings. The molecule has 11 heteroatoms. The zero-order valence-corrected chi connectivity index (χ0v) is 14.9. The largest absolute Gasteiger partial charge is 0.480 e. The first-order valence-corrected chi connectivity index (χ1v) is 7.79. The van der Waals surface area contributed by atoms with Crippen LogP contribution in [0, 0.1) is 12.7 Å². The van der Waals surface area contributed by atoms with Gasteiger partial charge in [0.25, 0.3) is 5.91 Å². The lowest BCUT2D eigenvalue weighted by atomic mass is 10.1. The Kier molecular flexibility index (Phi) is 5.79. The van der Waals surface area contributed by atoms with Gasteiger partial charge in [0, 0.05) is 6.42 Å². The topological polar surface area (TPSA) is 130 Å². The van der Waals surface area contributed by atoms with Gasteiger partial charge in [-0.3, -0.25) is 24.5 Å². The average Bonchev–Trinajstić information content (AvgIpc) is 2.87. The van der Waals surface area contributed by atoms with Crippen LogP contribution in [-0.2, 0) is 20.9 Å². The van der Waals surface area contributed by atoms with Crippen molar-refractivity contribution >= 4 is 47.1 Å². The molecule has 2 aromatic rings. The summed E-state index contributed by atoms with van der Waals surface area (Å²) in [4.78, 5) is 50.6. The number of aryl methyl sites for hydroxylation is 1. The number of carboxylic acid groups (broad SMARTS) is 1. The molecule has 1 aromatic heterocycles. The SMILES string of the molecule is Cc1nc2c(C(=O)NC3CCC(=O)NC3=O)ccc(F)c2n1CC(=O)O.Cl. The highest BCUT2D eigenvalue weighted by Gasteiger charge is 2.29. The molecule has 1 unspecified atom stereocenters. The van der Waals surface area contributed by atoms with E-state index in [9.17, 15) is 23.6 Å². The van der Waals surface area contributed by atoms with Crippen LogP contribution in [0.3, 0.4) is 0 Å². The summed E-state index contributed by atoms with van der Waals surface area (Å²) in [5, 5.41) is 13.6. The Bertz CT molecular complexity index is 958. The fourth-order valence-electron chi connectivity index (χ4n) is 2.89. The molecule has 1 atom stereocenters. The maximum absolute atomic E-state index is 14.2. The van der Waals surface area contributed by atoms with Crippen molar-refractivity contribution < 1.29 is 28.7 Å². The monoisotopic (exact) mass is 398 g/mol. The number of halogens is 2. The maximum atomic E-state index is 14.2. The van der Waals surface area contributed by atoms with Gasteiger partial charge in [-0.25, -0.2) is 9.37 Å². The number of carboxylic acids is 1. The standard InChI is InChI=1S/C16H15FN4O5.ClH/c1-7-18-13-8(2-3-9(17)14(13)21(7)6-12(23)24)15(25)19-10-4-5-11(22)20-16(10)26;/h2-3,10H,4-6H2,1H3,(H,19,25)(H,23,24)(H,20,22,26);1H. The number of fused-ring (bicyclic) bond motifs is 1. The molecule has 3 rings (SSSR count). The van der Waals surface area contributed by atoms with E-state index in [1.54, 1.807) is 0 Å². The number of hydrogen-bond donors (Lipinski definition) is 3. The van der Waals surface area contributed by atoms with Gasteiger partial charge in [0.15, 0.2) is 0 Å². The number of nitrogens with zero attached hydrogens (tertiary/aromatic N) is 2. The molecule has 1 aliphatic rings. The summed E-state index contributed by atoms with van der Waals surface area (Å²) >= 11 is 0. The van der Waals surface area contributed by atoms with Crippen LogP contribution in [-0.4, -0.2) is 44.4 Å². The summed E-state index contributed by atoms with van der Waals surface area (Å²) in [5.74, 6) is -3.33. The molecule has 1 saturated heterocycles. The van der Waals surface area contributed by atoms with E-state index in [0.717, 1.165) is 10.6 Å². The number of hydrogen-bond acceptors (Lipinski definition) is 5. The number of imidazole rings is 1. The minimum absolute atomic E-state index is 0. The first kappa shape index (κ1) is 20.3. The summed E-state index contributed by atoms with van der Waals surface area (Å²) in [6.07, 6.45) is 0.259. The highest BCUT2D eigenvalue weighted by molar-refractivity contribution is 6.08. The van der Waals surface area contributed by atoms with Crippen molar-refractivity contribution in [3.63, 3.8) is 0 Å². The highest BCUT2D eigenvalue weighted by Crippen LogP contribution is 2.23. The van der Waals surface area contributed by atoms with Crippen molar-refractivity contribution in [1.29, 1.82) is 0 Å². The molecule has 0 spiro atoms. The summed E-state index contributed by atoms with van der Waals surface area (Å²) in [6.45, 7) is 1.00. The lowest BCUT2D eigenvalue weighted by Gasteiger charge is -2.21. The molecule has 27 heavy (non-hydrogen) atoms. The van der Waals surface area contributed by atoms with E-state index in [1.807, 2.05) is 0 Å². The second kappa shape index (κ2) is 7.70. The van der Waals surface area contributed by atoms with E-state index >= 15 is 0 Å². The minimum atomic E-state index is -1.18. The highest BCUT2D eigenvalue weighted by atomic mass is 35.5. The van der Waals surface area contributed by atoms with Crippen molar-refractivity contribution in [3.8, 4) is 0 Å². The van der Waals surface area contributed by atoms with Gasteiger partial charge in [-0.1, -0.05) is 0 Å². The quantitative estimate of drug-likeness (QED) is 0.644. The molecule has 3 amide bonds. The molecule has 1 aromatic carbocycles. The number of rotatable bonds is 4. The number of piperidine rings is 1. The predicted octanol–water partition coefficient (Wildman–Crippen LogP) is 0.525. The number of aliphatic carboxylic acids is 1. The van der Waals surface area contributed by atoms with E-state index < -0.39 is 42.1 Å². The van der Waals surface area contributed by atoms with E-state index in [0.29, 0.717) is 0 Å². The fourth-order valence-corrected chi connectivity index (χ4v) is 2.89. The van der Waals surface area contributed by atoms with Gasteiger partial charge < -0.3 is 15.0 Å². The Morgan fingerprint density at radius 2 is 2.11 bits per heavy atom. The molecule has 0 aliphatic carbocycles. The van der Waals surface area contributed by atoms with E-state index in [1.165, 1.54) is 13.0 Å². The number of carbonyl (C=O) groups excluding carboxylic acids is 3. The van der Waals surface area contributed by atoms with Gasteiger partial charge in [-0.05, 0) is 25.5 Å². The molecule has 0 saturated carbocycles. The van der Waals surface area contributed by atoms with Gasteiger partial charge in [-0.2, -0.15) is 0 Å². The fraction of sp³-hybridized carbons (Fsp3) is 0.312. The van der Waals surface area contributed by atoms with Gasteiger partial charge in [0.2, 0.25) is 11.8 Å². The van der Waals surface area contributed by atoms with Gasteiger partial charge >= 0.3 is 5.97 Å². The van der Waals surface area contributed by atoms with Crippen molar-refractivity contribution in [2.45, 2.75) is 32.4 Å². The summed E-state index contributed by atoms with van der Waals surface area (Å²) < 4.78 is 15.4. The minimum Gasteiger partial charge on any atom is -0.480 e. The third kappa shape index (κ3) is 3.90. The third-order valence-electron chi connectivity index (χ3n) is 4.12. The third-order valence-corrected chi connectivity index (χ3v) is 4.12. The lowest BCUT2D eigenvalue weighted by Crippen LogP contribution is -2.52. The van der Waals surface area contributed by atoms with Crippen LogP contribution in [0.2, 0.25) is 0 Å². The molecule has 0 bridgehead atoms. The van der Waals surface area contributed by atoms with Gasteiger partial charge in [0.1, 0.15) is 35.3 Å². The summed E-state index contributed by atoms with van der Waals surface area (Å²) in [7, 11) is 0. The van der Waals surface area contributed by atoms with E-state index in [4.69, 9.17) is 5.11 Å². The number of imide groups is 1. The first-order valence-electron chi connectivity index (χ1n) is 7.79. The lowest BCUT2D eigenvalue weighted by molar-refractivity contribution is -0.138. The average molecular weight is 399 g/mol. The number of carbonyl (C=O) groups is 4. The predicted molar refractivity (Wildman–Crippen MR) is 92.9 cm³/mol. The van der Waals surface area contributed by atoms with Crippen molar-refractivity contribution in [2.75, 3.05) is 0 Å². The van der Waals surface area contributed by atoms with Crippen molar-refractivity contribution in [2.24, 2.45) is 0 Å². The zero-order valence-electron chi connectivity index (χ0n) is 14.1. The van der Waals surface area contributed by atoms with Crippen LogP contribution in [0.1, 0.15) is 29.0 Å². The van der Waals surface area contributed by atoms with Crippen molar-refractivity contribution in [1.82, 2.24) is 20.2 Å². The molecule has 0 radical (unpaired) electrons. The van der Waals surface area contributed by atoms with Crippen LogP contribution in [0.4, 0.5) is 4.39 Å². The Hall–Kier alpha value is -3.01. The molecule has 3 N–H and O–H groups in total.